The summed E-state index contributed by atoms with van der Waals surface area (Å²) in [7, 11) is -3.64. The van der Waals surface area contributed by atoms with E-state index < -0.39 is 10.0 Å². The summed E-state index contributed by atoms with van der Waals surface area (Å²) in [6, 6.07) is 7.44. The molecule has 0 fully saturated rings. The molecule has 0 spiro atoms. The second-order valence-electron chi connectivity index (χ2n) is 3.71. The van der Waals surface area contributed by atoms with Gasteiger partial charge in [0.05, 0.1) is 5.71 Å². The lowest BCUT2D eigenvalue weighted by Gasteiger charge is -2.04. The van der Waals surface area contributed by atoms with Crippen molar-refractivity contribution in [3.05, 3.63) is 40.9 Å². The summed E-state index contributed by atoms with van der Waals surface area (Å²) in [5.74, 6) is 0.662. The number of hydrogen-bond acceptors (Lipinski definition) is 4. The van der Waals surface area contributed by atoms with Crippen LogP contribution in [0.3, 0.4) is 0 Å². The number of nitrogens with two attached hydrogens (primary N) is 1. The molecule has 5 nitrogen and oxygen atoms in total. The first-order valence-corrected chi connectivity index (χ1v) is 6.42. The standard InChI is InChI=1S/C11H12N2O3S/c1-8-2-4-10(5-3-8)16-7-9-6-11(12)17(14,15)13-9/h2-6H,7,12H2,1H3. The van der Waals surface area contributed by atoms with E-state index in [1.165, 1.54) is 6.08 Å². The van der Waals surface area contributed by atoms with E-state index in [2.05, 4.69) is 4.40 Å². The molecule has 2 rings (SSSR count). The first-order valence-electron chi connectivity index (χ1n) is 4.98. The fraction of sp³-hybridized carbons (Fsp3) is 0.182. The molecule has 0 aliphatic carbocycles. The zero-order valence-corrected chi connectivity index (χ0v) is 10.1. The lowest BCUT2D eigenvalue weighted by atomic mass is 10.2. The Labute approximate surface area is 99.7 Å². The first kappa shape index (κ1) is 11.7. The topological polar surface area (TPSA) is 81.8 Å². The molecule has 17 heavy (non-hydrogen) atoms. The molecule has 0 radical (unpaired) electrons. The maximum Gasteiger partial charge on any atom is 0.297 e. The van der Waals surface area contributed by atoms with E-state index in [-0.39, 0.29) is 11.6 Å². The predicted molar refractivity (Wildman–Crippen MR) is 65.3 cm³/mol. The number of aryl methyl sites for hydroxylation is 1. The van der Waals surface area contributed by atoms with Crippen LogP contribution in [0.15, 0.2) is 39.8 Å². The van der Waals surface area contributed by atoms with E-state index in [1.807, 2.05) is 31.2 Å². The average Bonchev–Trinajstić information content (AvgIpc) is 2.52. The van der Waals surface area contributed by atoms with Crippen molar-refractivity contribution in [3.8, 4) is 5.75 Å². The minimum atomic E-state index is -3.64. The summed E-state index contributed by atoms with van der Waals surface area (Å²) in [6.07, 6.45) is 1.31. The third kappa shape index (κ3) is 2.65. The number of sulfonamides is 1. The van der Waals surface area contributed by atoms with Gasteiger partial charge in [-0.25, -0.2) is 0 Å². The van der Waals surface area contributed by atoms with Crippen LogP contribution in [0, 0.1) is 6.92 Å². The summed E-state index contributed by atoms with van der Waals surface area (Å²) < 4.78 is 31.3. The summed E-state index contributed by atoms with van der Waals surface area (Å²) in [5.41, 5.74) is 6.73. The summed E-state index contributed by atoms with van der Waals surface area (Å²) in [4.78, 5) is 0. The van der Waals surface area contributed by atoms with Gasteiger partial charge in [0, 0.05) is 6.08 Å². The Balaban J connectivity index is 2.03. The molecule has 0 bridgehead atoms. The van der Waals surface area contributed by atoms with E-state index in [9.17, 15) is 8.42 Å². The Morgan fingerprint density at radius 1 is 1.29 bits per heavy atom. The molecule has 0 saturated carbocycles. The Morgan fingerprint density at radius 2 is 1.94 bits per heavy atom. The van der Waals surface area contributed by atoms with E-state index >= 15 is 0 Å². The van der Waals surface area contributed by atoms with Gasteiger partial charge in [0.1, 0.15) is 12.4 Å². The van der Waals surface area contributed by atoms with Crippen molar-refractivity contribution in [1.29, 1.82) is 0 Å². The molecule has 1 aromatic carbocycles. The van der Waals surface area contributed by atoms with Gasteiger partial charge in [-0.15, -0.1) is 0 Å². The molecule has 0 atom stereocenters. The number of hydrogen-bond donors (Lipinski definition) is 1. The van der Waals surface area contributed by atoms with Crippen molar-refractivity contribution < 1.29 is 13.2 Å². The highest BCUT2D eigenvalue weighted by molar-refractivity contribution is 7.94. The van der Waals surface area contributed by atoms with Crippen LogP contribution in [0.1, 0.15) is 5.56 Å². The van der Waals surface area contributed by atoms with Crippen LogP contribution in [0.4, 0.5) is 0 Å². The fourth-order valence-corrected chi connectivity index (χ4v) is 2.14. The summed E-state index contributed by atoms with van der Waals surface area (Å²) in [6.45, 7) is 2.06. The second-order valence-corrected chi connectivity index (χ2v) is 5.31. The fourth-order valence-electron chi connectivity index (χ4n) is 1.33. The molecule has 2 N–H and O–H groups in total. The van der Waals surface area contributed by atoms with Gasteiger partial charge in [-0.1, -0.05) is 17.7 Å². The molecular weight excluding hydrogens is 240 g/mol. The van der Waals surface area contributed by atoms with Gasteiger partial charge in [0.15, 0.2) is 5.03 Å². The van der Waals surface area contributed by atoms with Gasteiger partial charge in [0.2, 0.25) is 0 Å². The Morgan fingerprint density at radius 3 is 2.47 bits per heavy atom. The first-order chi connectivity index (χ1) is 7.97. The van der Waals surface area contributed by atoms with E-state index in [0.29, 0.717) is 11.5 Å². The van der Waals surface area contributed by atoms with Crippen molar-refractivity contribution in [2.24, 2.45) is 10.1 Å². The molecule has 6 heteroatoms. The predicted octanol–water partition coefficient (Wildman–Crippen LogP) is 0.958. The van der Waals surface area contributed by atoms with Crippen molar-refractivity contribution in [3.63, 3.8) is 0 Å². The smallest absolute Gasteiger partial charge is 0.297 e. The highest BCUT2D eigenvalue weighted by Gasteiger charge is 2.21. The monoisotopic (exact) mass is 252 g/mol. The van der Waals surface area contributed by atoms with Gasteiger partial charge in [-0.2, -0.15) is 12.8 Å². The van der Waals surface area contributed by atoms with Gasteiger partial charge < -0.3 is 10.5 Å². The van der Waals surface area contributed by atoms with Crippen LogP contribution in [0.2, 0.25) is 0 Å². The highest BCUT2D eigenvalue weighted by atomic mass is 32.2. The van der Waals surface area contributed by atoms with Crippen LogP contribution in [0.5, 0.6) is 5.75 Å². The van der Waals surface area contributed by atoms with Crippen molar-refractivity contribution in [2.75, 3.05) is 6.61 Å². The second kappa shape index (κ2) is 4.21. The zero-order valence-electron chi connectivity index (χ0n) is 9.25. The Bertz CT molecular complexity index is 586. The molecule has 90 valence electrons. The van der Waals surface area contributed by atoms with Crippen molar-refractivity contribution in [2.45, 2.75) is 6.92 Å². The van der Waals surface area contributed by atoms with E-state index in [0.717, 1.165) is 5.56 Å². The van der Waals surface area contributed by atoms with Crippen LogP contribution in [-0.4, -0.2) is 20.7 Å². The molecule has 1 aliphatic rings. The van der Waals surface area contributed by atoms with Gasteiger partial charge in [0.25, 0.3) is 10.0 Å². The zero-order chi connectivity index (χ0) is 12.5. The normalized spacial score (nSPS) is 17.5. The van der Waals surface area contributed by atoms with Crippen LogP contribution >= 0.6 is 0 Å². The summed E-state index contributed by atoms with van der Waals surface area (Å²) >= 11 is 0. The molecule has 1 aliphatic heterocycles. The lowest BCUT2D eigenvalue weighted by Crippen LogP contribution is -2.07. The number of ether oxygens (including phenoxy) is 1. The van der Waals surface area contributed by atoms with Crippen molar-refractivity contribution >= 4 is 15.7 Å². The molecule has 1 aromatic rings. The Hall–Kier alpha value is -1.82. The molecule has 0 aromatic heterocycles. The Kier molecular flexibility index (Phi) is 2.89. The van der Waals surface area contributed by atoms with Crippen LogP contribution < -0.4 is 10.5 Å². The van der Waals surface area contributed by atoms with Gasteiger partial charge >= 0.3 is 0 Å². The number of rotatable bonds is 3. The molecular formula is C11H12N2O3S. The maximum absolute atomic E-state index is 11.2. The third-order valence-corrected chi connectivity index (χ3v) is 3.44. The van der Waals surface area contributed by atoms with Crippen LogP contribution in [-0.2, 0) is 10.0 Å². The average molecular weight is 252 g/mol. The van der Waals surface area contributed by atoms with E-state index in [1.54, 1.807) is 0 Å². The SMILES string of the molecule is Cc1ccc(OCC2=NS(=O)(=O)C(N)=C2)cc1. The largest absolute Gasteiger partial charge is 0.487 e. The minimum absolute atomic E-state index is 0.0863. The molecule has 0 saturated heterocycles. The van der Waals surface area contributed by atoms with E-state index in [4.69, 9.17) is 10.5 Å². The number of benzene rings is 1. The number of nitrogens with zero attached hydrogens (tertiary/aromatic N) is 1. The third-order valence-electron chi connectivity index (χ3n) is 2.25. The summed E-state index contributed by atoms with van der Waals surface area (Å²) in [5, 5.41) is -0.236. The highest BCUT2D eigenvalue weighted by Crippen LogP contribution is 2.14. The minimum Gasteiger partial charge on any atom is -0.487 e. The van der Waals surface area contributed by atoms with Gasteiger partial charge in [-0.05, 0) is 19.1 Å². The quantitative estimate of drug-likeness (QED) is 0.868. The molecule has 0 unspecified atom stereocenters. The molecule has 0 amide bonds. The van der Waals surface area contributed by atoms with Crippen LogP contribution in [0.25, 0.3) is 0 Å². The maximum atomic E-state index is 11.2. The molecule has 1 heterocycles. The lowest BCUT2D eigenvalue weighted by molar-refractivity contribution is 0.377. The van der Waals surface area contributed by atoms with Crippen molar-refractivity contribution in [1.82, 2.24) is 0 Å². The van der Waals surface area contributed by atoms with Gasteiger partial charge in [-0.3, -0.25) is 0 Å².